The Hall–Kier alpha value is -3.13. The van der Waals surface area contributed by atoms with E-state index in [9.17, 15) is 5.11 Å². The molecule has 4 heterocycles. The number of fused-ring (bicyclic) bond motifs is 3. The molecule has 0 radical (unpaired) electrons. The van der Waals surface area contributed by atoms with Gasteiger partial charge in [0.1, 0.15) is 0 Å². The largest absolute Gasteiger partial charge is 0.390 e. The van der Waals surface area contributed by atoms with E-state index in [1.54, 1.807) is 11.3 Å². The smallest absolute Gasteiger partial charge is 0.165 e. The summed E-state index contributed by atoms with van der Waals surface area (Å²) in [5.41, 5.74) is 13.0. The number of thiophene rings is 1. The van der Waals surface area contributed by atoms with Crippen molar-refractivity contribution in [2.75, 3.05) is 0 Å². The van der Waals surface area contributed by atoms with Crippen LogP contribution in [0.25, 0.3) is 39.1 Å². The lowest BCUT2D eigenvalue weighted by Crippen LogP contribution is -2.58. The molecule has 6 nitrogen and oxygen atoms in total. The van der Waals surface area contributed by atoms with Gasteiger partial charge in [-0.2, -0.15) is 21.0 Å². The molecule has 1 aromatic carbocycles. The van der Waals surface area contributed by atoms with Crippen molar-refractivity contribution >= 4 is 28.0 Å². The van der Waals surface area contributed by atoms with Crippen molar-refractivity contribution < 1.29 is 5.11 Å². The van der Waals surface area contributed by atoms with Crippen molar-refractivity contribution in [3.63, 3.8) is 0 Å². The molecule has 0 spiro atoms. The summed E-state index contributed by atoms with van der Waals surface area (Å²) in [5.74, 6) is 0. The van der Waals surface area contributed by atoms with E-state index >= 15 is 0 Å². The number of benzene rings is 1. The zero-order valence-corrected chi connectivity index (χ0v) is 18.7. The Balaban J connectivity index is 1.52. The molecule has 0 bridgehead atoms. The highest BCUT2D eigenvalue weighted by Gasteiger charge is 2.49. The maximum Gasteiger partial charge on any atom is 0.165 e. The van der Waals surface area contributed by atoms with Crippen LogP contribution in [0.3, 0.4) is 0 Å². The van der Waals surface area contributed by atoms with Crippen LogP contribution < -0.4 is 5.73 Å². The second-order valence-corrected chi connectivity index (χ2v) is 9.99. The zero-order valence-electron chi connectivity index (χ0n) is 17.9. The number of aryl methyl sites for hydroxylation is 1. The van der Waals surface area contributed by atoms with Crippen molar-refractivity contribution in [1.29, 1.82) is 0 Å². The zero-order chi connectivity index (χ0) is 22.1. The maximum atomic E-state index is 10.2. The van der Waals surface area contributed by atoms with Gasteiger partial charge < -0.3 is 10.8 Å². The van der Waals surface area contributed by atoms with Gasteiger partial charge in [0.15, 0.2) is 11.3 Å². The first-order chi connectivity index (χ1) is 15.3. The number of hydrogen-bond donors (Lipinski definition) is 2. The van der Waals surface area contributed by atoms with Gasteiger partial charge in [-0.25, -0.2) is 9.97 Å². The molecule has 1 aliphatic carbocycles. The van der Waals surface area contributed by atoms with E-state index in [0.717, 1.165) is 50.3 Å². The van der Waals surface area contributed by atoms with E-state index in [-0.39, 0.29) is 0 Å². The summed E-state index contributed by atoms with van der Waals surface area (Å²) >= 11 is 1.66. The predicted molar refractivity (Wildman–Crippen MR) is 127 cm³/mol. The maximum absolute atomic E-state index is 10.2. The number of rotatable bonds is 3. The van der Waals surface area contributed by atoms with Gasteiger partial charge in [-0.3, -0.25) is 0 Å². The van der Waals surface area contributed by atoms with E-state index in [4.69, 9.17) is 10.7 Å². The lowest BCUT2D eigenvalue weighted by Gasteiger charge is -2.49. The summed E-state index contributed by atoms with van der Waals surface area (Å²) < 4.78 is 1.81. The number of nitrogens with two attached hydrogens (primary N) is 1. The predicted octanol–water partition coefficient (Wildman–Crippen LogP) is 4.68. The van der Waals surface area contributed by atoms with Gasteiger partial charge in [-0.15, -0.1) is 0 Å². The first-order valence-electron chi connectivity index (χ1n) is 10.6. The Kier molecular flexibility index (Phi) is 4.08. The highest BCUT2D eigenvalue weighted by molar-refractivity contribution is 7.08. The van der Waals surface area contributed by atoms with Crippen molar-refractivity contribution in [2.24, 2.45) is 5.73 Å². The summed E-state index contributed by atoms with van der Waals surface area (Å²) in [6.07, 6.45) is 3.00. The molecule has 3 N–H and O–H groups in total. The van der Waals surface area contributed by atoms with E-state index in [0.29, 0.717) is 12.8 Å². The summed E-state index contributed by atoms with van der Waals surface area (Å²) in [6, 6.07) is 14.5. The fourth-order valence-corrected chi connectivity index (χ4v) is 5.64. The molecule has 1 fully saturated rings. The van der Waals surface area contributed by atoms with Gasteiger partial charge >= 0.3 is 0 Å². The SMILES string of the molecule is Cc1cc2ncc3cc(-c4ccsc4)c(-c4ccc(C5(N)CC(C)(O)C5)cc4)nc3n2n1. The van der Waals surface area contributed by atoms with Gasteiger partial charge in [0.2, 0.25) is 0 Å². The van der Waals surface area contributed by atoms with Gasteiger partial charge in [0.05, 0.1) is 17.0 Å². The highest BCUT2D eigenvalue weighted by Crippen LogP contribution is 2.46. The van der Waals surface area contributed by atoms with Gasteiger partial charge in [0.25, 0.3) is 0 Å². The molecule has 7 heteroatoms. The first kappa shape index (κ1) is 19.5. The Morgan fingerprint density at radius 2 is 1.88 bits per heavy atom. The second-order valence-electron chi connectivity index (χ2n) is 9.21. The third kappa shape index (κ3) is 3.04. The topological polar surface area (TPSA) is 89.3 Å². The average molecular weight is 442 g/mol. The Labute approximate surface area is 189 Å². The molecule has 0 unspecified atom stereocenters. The molecular formula is C25H23N5OS. The van der Waals surface area contributed by atoms with Crippen molar-refractivity contribution in [2.45, 2.75) is 37.8 Å². The minimum atomic E-state index is -0.680. The molecule has 0 saturated heterocycles. The third-order valence-electron chi connectivity index (χ3n) is 6.34. The molecule has 1 aliphatic rings. The second kappa shape index (κ2) is 6.68. The third-order valence-corrected chi connectivity index (χ3v) is 7.02. The standard InChI is InChI=1S/C25H23N5OS/c1-15-9-21-27-11-18-10-20(17-7-8-32-12-17)22(28-23(18)30(21)29-15)16-3-5-19(6-4-16)25(26)13-24(2,31)14-25/h3-12,31H,13-14,26H2,1-2H3. The van der Waals surface area contributed by atoms with Crippen LogP contribution in [0.1, 0.15) is 31.0 Å². The number of aliphatic hydroxyl groups is 1. The fraction of sp³-hybridized carbons (Fsp3) is 0.240. The summed E-state index contributed by atoms with van der Waals surface area (Å²) in [6.45, 7) is 3.80. The number of pyridine rings is 1. The molecule has 0 aliphatic heterocycles. The molecule has 4 aromatic heterocycles. The summed E-state index contributed by atoms with van der Waals surface area (Å²) in [5, 5.41) is 19.9. The minimum Gasteiger partial charge on any atom is -0.390 e. The van der Waals surface area contributed by atoms with Crippen LogP contribution in [0.15, 0.2) is 59.4 Å². The lowest BCUT2D eigenvalue weighted by molar-refractivity contribution is -0.0738. The van der Waals surface area contributed by atoms with Crippen LogP contribution >= 0.6 is 11.3 Å². The normalized spacial score (nSPS) is 23.0. The Morgan fingerprint density at radius 3 is 2.56 bits per heavy atom. The molecule has 6 rings (SSSR count). The summed E-state index contributed by atoms with van der Waals surface area (Å²) in [7, 11) is 0. The van der Waals surface area contributed by atoms with Crippen LogP contribution in [0, 0.1) is 6.92 Å². The fourth-order valence-electron chi connectivity index (χ4n) is 4.98. The first-order valence-corrected chi connectivity index (χ1v) is 11.6. The number of aromatic nitrogens is 4. The van der Waals surface area contributed by atoms with Crippen molar-refractivity contribution in [3.8, 4) is 22.4 Å². The van der Waals surface area contributed by atoms with Gasteiger partial charge in [-0.1, -0.05) is 24.3 Å². The Bertz CT molecular complexity index is 1460. The monoisotopic (exact) mass is 441 g/mol. The number of nitrogens with zero attached hydrogens (tertiary/aromatic N) is 4. The van der Waals surface area contributed by atoms with Crippen LogP contribution in [-0.2, 0) is 5.54 Å². The van der Waals surface area contributed by atoms with Gasteiger partial charge in [0, 0.05) is 34.3 Å². The van der Waals surface area contributed by atoms with Crippen LogP contribution in [0.4, 0.5) is 0 Å². The van der Waals surface area contributed by atoms with E-state index < -0.39 is 11.1 Å². The quantitative estimate of drug-likeness (QED) is 0.424. The minimum absolute atomic E-state index is 0.473. The molecule has 0 atom stereocenters. The lowest BCUT2D eigenvalue weighted by atomic mass is 9.63. The van der Waals surface area contributed by atoms with Crippen molar-refractivity contribution in [3.05, 3.63) is 70.7 Å². The van der Waals surface area contributed by atoms with Crippen molar-refractivity contribution in [1.82, 2.24) is 19.6 Å². The summed E-state index contributed by atoms with van der Waals surface area (Å²) in [4.78, 5) is 9.64. The molecule has 0 amide bonds. The molecule has 160 valence electrons. The van der Waals surface area contributed by atoms with Crippen LogP contribution in [0.5, 0.6) is 0 Å². The Morgan fingerprint density at radius 1 is 1.09 bits per heavy atom. The average Bonchev–Trinajstić information content (AvgIpc) is 3.40. The van der Waals surface area contributed by atoms with E-state index in [1.807, 2.05) is 30.6 Å². The van der Waals surface area contributed by atoms with Crippen LogP contribution in [0.2, 0.25) is 0 Å². The molecule has 32 heavy (non-hydrogen) atoms. The van der Waals surface area contributed by atoms with Gasteiger partial charge in [-0.05, 0) is 60.7 Å². The highest BCUT2D eigenvalue weighted by atomic mass is 32.1. The van der Waals surface area contributed by atoms with E-state index in [1.165, 1.54) is 0 Å². The number of hydrogen-bond acceptors (Lipinski definition) is 6. The van der Waals surface area contributed by atoms with Crippen LogP contribution in [-0.4, -0.2) is 30.3 Å². The molecular weight excluding hydrogens is 418 g/mol. The molecule has 1 saturated carbocycles. The van der Waals surface area contributed by atoms with E-state index in [2.05, 4.69) is 57.2 Å². The molecule has 5 aromatic rings.